The normalized spacial score (nSPS) is 13.1. The van der Waals surface area contributed by atoms with Gasteiger partial charge in [0.1, 0.15) is 13.2 Å². The van der Waals surface area contributed by atoms with E-state index >= 15 is 0 Å². The Morgan fingerprint density at radius 1 is 0.296 bits per heavy atom. The van der Waals surface area contributed by atoms with Crippen molar-refractivity contribution in [1.29, 1.82) is 0 Å². The van der Waals surface area contributed by atoms with Crippen molar-refractivity contribution in [3.63, 3.8) is 0 Å². The lowest BCUT2D eigenvalue weighted by atomic mass is 10.1. The van der Waals surface area contributed by atoms with Crippen LogP contribution >= 0.6 is 0 Å². The van der Waals surface area contributed by atoms with Gasteiger partial charge in [-0.2, -0.15) is 0 Å². The van der Waals surface area contributed by atoms with Crippen molar-refractivity contribution in [2.75, 3.05) is 13.2 Å². The number of allylic oxidation sites excluding steroid dienone is 22. The van der Waals surface area contributed by atoms with Crippen LogP contribution in [0.15, 0.2) is 134 Å². The van der Waals surface area contributed by atoms with Gasteiger partial charge in [-0.1, -0.05) is 225 Å². The van der Waals surface area contributed by atoms with Crippen LogP contribution in [0.5, 0.6) is 0 Å². The van der Waals surface area contributed by atoms with E-state index in [9.17, 15) is 14.4 Å². The standard InChI is InChI=1S/C65H104O6/c1-4-7-10-13-16-19-22-25-28-31-32-35-37-40-43-46-49-52-55-58-64(67)70-61-62(71-65(68)59-56-53-50-47-44-41-38-34-30-27-24-21-18-15-12-9-6-3)60-69-63(66)57-54-51-48-45-42-39-36-33-29-26-23-20-17-14-11-8-5-2/h7,10,16-21,25-30,32,35-36,39-40,43,49,52,62H,4-6,8-9,11-15,22-24,31,33-34,37-38,41-42,44-48,50-51,53-61H2,1-3H3/b10-7-,19-16-,20-17-,21-18-,28-25-,29-26-,30-27-,35-32-,39-36-,43-40-,52-49-/t62-/m0/s1. The van der Waals surface area contributed by atoms with E-state index in [1.165, 1.54) is 77.0 Å². The second-order valence-electron chi connectivity index (χ2n) is 18.5. The van der Waals surface area contributed by atoms with Gasteiger partial charge in [-0.25, -0.2) is 0 Å². The fourth-order valence-electron chi connectivity index (χ4n) is 7.33. The van der Waals surface area contributed by atoms with E-state index < -0.39 is 6.10 Å². The van der Waals surface area contributed by atoms with Crippen LogP contribution in [-0.2, 0) is 28.6 Å². The van der Waals surface area contributed by atoms with Gasteiger partial charge >= 0.3 is 17.9 Å². The summed E-state index contributed by atoms with van der Waals surface area (Å²) in [6, 6.07) is 0. The maximum atomic E-state index is 12.9. The smallest absolute Gasteiger partial charge is 0.306 e. The Kier molecular flexibility index (Phi) is 54.5. The molecule has 6 heteroatoms. The lowest BCUT2D eigenvalue weighted by Gasteiger charge is -2.18. The molecule has 0 aromatic rings. The highest BCUT2D eigenvalue weighted by Crippen LogP contribution is 2.13. The van der Waals surface area contributed by atoms with E-state index in [0.717, 1.165) is 116 Å². The third-order valence-corrected chi connectivity index (χ3v) is 11.6. The van der Waals surface area contributed by atoms with E-state index in [1.807, 2.05) is 12.2 Å². The van der Waals surface area contributed by atoms with Crippen molar-refractivity contribution >= 4 is 17.9 Å². The fourth-order valence-corrected chi connectivity index (χ4v) is 7.33. The van der Waals surface area contributed by atoms with E-state index in [0.29, 0.717) is 19.3 Å². The van der Waals surface area contributed by atoms with E-state index in [4.69, 9.17) is 14.2 Å². The minimum atomic E-state index is -0.828. The van der Waals surface area contributed by atoms with Gasteiger partial charge in [-0.3, -0.25) is 14.4 Å². The summed E-state index contributed by atoms with van der Waals surface area (Å²) in [4.78, 5) is 38.1. The van der Waals surface area contributed by atoms with Crippen molar-refractivity contribution in [2.24, 2.45) is 0 Å². The van der Waals surface area contributed by atoms with Gasteiger partial charge in [0.2, 0.25) is 0 Å². The molecule has 0 spiro atoms. The Hall–Kier alpha value is -4.45. The van der Waals surface area contributed by atoms with Crippen molar-refractivity contribution < 1.29 is 28.6 Å². The number of rotatable bonds is 50. The summed E-state index contributed by atoms with van der Waals surface area (Å²) < 4.78 is 16.8. The molecule has 0 heterocycles. The van der Waals surface area contributed by atoms with Gasteiger partial charge in [0.25, 0.3) is 0 Å². The molecule has 0 aromatic carbocycles. The minimum absolute atomic E-state index is 0.121. The number of hydrogen-bond donors (Lipinski definition) is 0. The van der Waals surface area contributed by atoms with E-state index in [-0.39, 0.29) is 37.5 Å². The van der Waals surface area contributed by atoms with Crippen LogP contribution in [0, 0.1) is 0 Å². The average molecular weight is 982 g/mol. The molecule has 0 N–H and O–H groups in total. The number of unbranched alkanes of at least 4 members (excludes halogenated alkanes) is 17. The van der Waals surface area contributed by atoms with E-state index in [2.05, 4.69) is 142 Å². The zero-order valence-electron chi connectivity index (χ0n) is 45.7. The van der Waals surface area contributed by atoms with Crippen LogP contribution in [0.1, 0.15) is 239 Å². The molecule has 0 amide bonds. The first-order chi connectivity index (χ1) is 35.0. The molecule has 1 atom stereocenters. The third-order valence-electron chi connectivity index (χ3n) is 11.6. The molecule has 400 valence electrons. The summed E-state index contributed by atoms with van der Waals surface area (Å²) in [5, 5.41) is 0. The topological polar surface area (TPSA) is 78.9 Å². The maximum absolute atomic E-state index is 12.9. The van der Waals surface area contributed by atoms with Crippen molar-refractivity contribution in [3.05, 3.63) is 134 Å². The molecule has 0 aliphatic heterocycles. The second-order valence-corrected chi connectivity index (χ2v) is 18.5. The average Bonchev–Trinajstić information content (AvgIpc) is 3.37. The zero-order valence-corrected chi connectivity index (χ0v) is 45.7. The predicted molar refractivity (Wildman–Crippen MR) is 306 cm³/mol. The van der Waals surface area contributed by atoms with Gasteiger partial charge in [-0.15, -0.1) is 0 Å². The quantitative estimate of drug-likeness (QED) is 0.0262. The number of ether oxygens (including phenoxy) is 3. The maximum Gasteiger partial charge on any atom is 0.306 e. The highest BCUT2D eigenvalue weighted by molar-refractivity contribution is 5.71. The van der Waals surface area contributed by atoms with Crippen LogP contribution < -0.4 is 0 Å². The third kappa shape index (κ3) is 56.3. The van der Waals surface area contributed by atoms with Gasteiger partial charge in [-0.05, 0) is 128 Å². The Morgan fingerprint density at radius 2 is 0.577 bits per heavy atom. The molecule has 0 saturated heterocycles. The van der Waals surface area contributed by atoms with Gasteiger partial charge < -0.3 is 14.2 Å². The molecular formula is C65H104O6. The van der Waals surface area contributed by atoms with Crippen LogP contribution in [0.25, 0.3) is 0 Å². The van der Waals surface area contributed by atoms with Crippen LogP contribution in [0.4, 0.5) is 0 Å². The molecule has 0 aliphatic carbocycles. The Morgan fingerprint density at radius 3 is 0.944 bits per heavy atom. The zero-order chi connectivity index (χ0) is 51.4. The molecule has 0 rings (SSSR count). The molecular weight excluding hydrogens is 877 g/mol. The molecule has 0 aromatic heterocycles. The Labute approximate surface area is 436 Å². The molecule has 71 heavy (non-hydrogen) atoms. The number of carbonyl (C=O) groups is 3. The van der Waals surface area contributed by atoms with Crippen LogP contribution in [0.3, 0.4) is 0 Å². The highest BCUT2D eigenvalue weighted by atomic mass is 16.6. The monoisotopic (exact) mass is 981 g/mol. The van der Waals surface area contributed by atoms with Crippen LogP contribution in [-0.4, -0.2) is 37.2 Å². The number of esters is 3. The predicted octanol–water partition coefficient (Wildman–Crippen LogP) is 19.4. The second kappa shape index (κ2) is 58.1. The summed E-state index contributed by atoms with van der Waals surface area (Å²) >= 11 is 0. The SMILES string of the molecule is CC/C=C\C/C=C\C/C=C\C/C=C\C/C=C\C/C=C\CCC(=O)OC[C@H](COC(=O)CCCCCC/C=C\C/C=C\C/C=C\CCCCC)OC(=O)CCCCCCCCC/C=C\C/C=C\CCCCC. The van der Waals surface area contributed by atoms with E-state index in [1.54, 1.807) is 0 Å². The van der Waals surface area contributed by atoms with Crippen molar-refractivity contribution in [1.82, 2.24) is 0 Å². The summed E-state index contributed by atoms with van der Waals surface area (Å²) in [5.74, 6) is -1.04. The molecule has 0 bridgehead atoms. The van der Waals surface area contributed by atoms with Crippen LogP contribution in [0.2, 0.25) is 0 Å². The number of carbonyl (C=O) groups excluding carboxylic acids is 3. The summed E-state index contributed by atoms with van der Waals surface area (Å²) in [6.07, 6.45) is 81.6. The Bertz CT molecular complexity index is 1550. The van der Waals surface area contributed by atoms with Gasteiger partial charge in [0, 0.05) is 19.3 Å². The van der Waals surface area contributed by atoms with Gasteiger partial charge in [0.15, 0.2) is 6.10 Å². The molecule has 0 fully saturated rings. The molecule has 0 unspecified atom stereocenters. The lowest BCUT2D eigenvalue weighted by Crippen LogP contribution is -2.30. The molecule has 6 nitrogen and oxygen atoms in total. The number of hydrogen-bond acceptors (Lipinski definition) is 6. The summed E-state index contributed by atoms with van der Waals surface area (Å²) in [5.41, 5.74) is 0. The minimum Gasteiger partial charge on any atom is -0.462 e. The fraction of sp³-hybridized carbons (Fsp3) is 0.615. The summed E-state index contributed by atoms with van der Waals surface area (Å²) in [7, 11) is 0. The van der Waals surface area contributed by atoms with Crippen molar-refractivity contribution in [2.45, 2.75) is 245 Å². The first kappa shape index (κ1) is 66.6. The first-order valence-corrected chi connectivity index (χ1v) is 28.7. The Balaban J connectivity index is 4.58. The summed E-state index contributed by atoms with van der Waals surface area (Å²) in [6.45, 7) is 6.37. The molecule has 0 radical (unpaired) electrons. The van der Waals surface area contributed by atoms with Crippen molar-refractivity contribution in [3.8, 4) is 0 Å². The molecule has 0 saturated carbocycles. The lowest BCUT2D eigenvalue weighted by molar-refractivity contribution is -0.166. The first-order valence-electron chi connectivity index (χ1n) is 28.7. The largest absolute Gasteiger partial charge is 0.462 e. The molecule has 0 aliphatic rings. The highest BCUT2D eigenvalue weighted by Gasteiger charge is 2.19. The van der Waals surface area contributed by atoms with Gasteiger partial charge in [0.05, 0.1) is 0 Å².